The van der Waals surface area contributed by atoms with Crippen molar-refractivity contribution in [2.45, 2.75) is 13.8 Å². The maximum absolute atomic E-state index is 12.5. The van der Waals surface area contributed by atoms with E-state index in [0.29, 0.717) is 37.6 Å². The van der Waals surface area contributed by atoms with Gasteiger partial charge in [0.05, 0.1) is 6.26 Å². The first-order valence-electron chi connectivity index (χ1n) is 9.71. The average molecular weight is 392 g/mol. The molecule has 0 unspecified atom stereocenters. The molecule has 150 valence electrons. The number of nitrogens with zero attached hydrogens (tertiary/aromatic N) is 4. The Morgan fingerprint density at radius 3 is 2.55 bits per heavy atom. The van der Waals surface area contributed by atoms with E-state index in [1.165, 1.54) is 0 Å². The third kappa shape index (κ3) is 4.23. The van der Waals surface area contributed by atoms with Crippen LogP contribution in [0.4, 0.5) is 5.82 Å². The number of anilines is 1. The minimum atomic E-state index is 0.00445. The van der Waals surface area contributed by atoms with Crippen LogP contribution in [0.15, 0.2) is 53.1 Å². The molecule has 0 bridgehead atoms. The number of furan rings is 1. The molecular weight excluding hydrogens is 368 g/mol. The summed E-state index contributed by atoms with van der Waals surface area (Å²) in [5.74, 6) is 2.27. The van der Waals surface area contributed by atoms with E-state index in [0.717, 1.165) is 22.7 Å². The number of carbonyl (C=O) groups is 1. The third-order valence-corrected chi connectivity index (χ3v) is 5.29. The topological polar surface area (TPSA) is 71.7 Å². The second kappa shape index (κ2) is 8.34. The van der Waals surface area contributed by atoms with Crippen molar-refractivity contribution in [2.24, 2.45) is 0 Å². The summed E-state index contributed by atoms with van der Waals surface area (Å²) in [6.07, 6.45) is 1.62. The lowest BCUT2D eigenvalue weighted by atomic mass is 10.1. The summed E-state index contributed by atoms with van der Waals surface area (Å²) in [6.45, 7) is 6.79. The zero-order chi connectivity index (χ0) is 20.2. The van der Waals surface area contributed by atoms with E-state index < -0.39 is 0 Å². The summed E-state index contributed by atoms with van der Waals surface area (Å²) in [5.41, 5.74) is 2.93. The lowest BCUT2D eigenvalue weighted by Crippen LogP contribution is -2.50. The fraction of sp³-hybridized carbons (Fsp3) is 0.318. The van der Waals surface area contributed by atoms with Crippen molar-refractivity contribution in [1.82, 2.24) is 15.1 Å². The number of aryl methyl sites for hydroxylation is 1. The molecule has 3 aromatic rings. The minimum Gasteiger partial charge on any atom is -0.483 e. The van der Waals surface area contributed by atoms with E-state index in [4.69, 9.17) is 9.15 Å². The van der Waals surface area contributed by atoms with Gasteiger partial charge in [-0.3, -0.25) is 4.79 Å². The summed E-state index contributed by atoms with van der Waals surface area (Å²) in [6, 6.07) is 13.4. The zero-order valence-electron chi connectivity index (χ0n) is 16.7. The van der Waals surface area contributed by atoms with Gasteiger partial charge >= 0.3 is 0 Å². The van der Waals surface area contributed by atoms with Crippen LogP contribution in [-0.2, 0) is 4.79 Å². The van der Waals surface area contributed by atoms with Gasteiger partial charge in [0.15, 0.2) is 18.2 Å². The van der Waals surface area contributed by atoms with E-state index in [1.54, 1.807) is 6.26 Å². The van der Waals surface area contributed by atoms with Gasteiger partial charge in [0, 0.05) is 26.2 Å². The number of ether oxygens (including phenoxy) is 1. The number of rotatable bonds is 5. The van der Waals surface area contributed by atoms with Crippen LogP contribution in [0.5, 0.6) is 5.75 Å². The molecule has 29 heavy (non-hydrogen) atoms. The summed E-state index contributed by atoms with van der Waals surface area (Å²) in [7, 11) is 0. The van der Waals surface area contributed by atoms with Crippen molar-refractivity contribution in [3.05, 3.63) is 59.9 Å². The predicted molar refractivity (Wildman–Crippen MR) is 110 cm³/mol. The van der Waals surface area contributed by atoms with Gasteiger partial charge < -0.3 is 19.0 Å². The largest absolute Gasteiger partial charge is 0.483 e. The van der Waals surface area contributed by atoms with Gasteiger partial charge in [-0.1, -0.05) is 12.1 Å². The number of hydrogen-bond acceptors (Lipinski definition) is 6. The molecule has 0 spiro atoms. The Morgan fingerprint density at radius 2 is 1.86 bits per heavy atom. The first kappa shape index (κ1) is 19.0. The van der Waals surface area contributed by atoms with Crippen LogP contribution in [0.2, 0.25) is 0 Å². The molecule has 1 aliphatic heterocycles. The first-order valence-corrected chi connectivity index (χ1v) is 9.71. The molecule has 0 saturated carbocycles. The number of piperazine rings is 1. The lowest BCUT2D eigenvalue weighted by molar-refractivity contribution is -0.133. The summed E-state index contributed by atoms with van der Waals surface area (Å²) < 4.78 is 11.1. The van der Waals surface area contributed by atoms with E-state index in [1.807, 2.05) is 61.2 Å². The van der Waals surface area contributed by atoms with Gasteiger partial charge in [-0.15, -0.1) is 10.2 Å². The van der Waals surface area contributed by atoms with Crippen LogP contribution in [0.25, 0.3) is 11.5 Å². The predicted octanol–water partition coefficient (Wildman–Crippen LogP) is 3.08. The highest BCUT2D eigenvalue weighted by Gasteiger charge is 2.22. The van der Waals surface area contributed by atoms with Crippen molar-refractivity contribution in [3.63, 3.8) is 0 Å². The van der Waals surface area contributed by atoms with E-state index in [2.05, 4.69) is 15.1 Å². The number of aromatic nitrogens is 2. The molecule has 1 aromatic carbocycles. The van der Waals surface area contributed by atoms with Crippen LogP contribution in [0.3, 0.4) is 0 Å². The molecule has 7 nitrogen and oxygen atoms in total. The highest BCUT2D eigenvalue weighted by molar-refractivity contribution is 5.78. The number of hydrogen-bond donors (Lipinski definition) is 0. The maximum atomic E-state index is 12.5. The Balaban J connectivity index is 1.29. The summed E-state index contributed by atoms with van der Waals surface area (Å²) in [4.78, 5) is 16.5. The number of benzene rings is 1. The standard InChI is InChI=1S/C22H24N4O3/c1-16-5-3-6-19(17(16)2)29-15-22(27)26-12-10-25(11-13-26)21-9-8-18(23-24-21)20-7-4-14-28-20/h3-9,14H,10-13,15H2,1-2H3. The Labute approximate surface area is 169 Å². The van der Waals surface area contributed by atoms with Crippen molar-refractivity contribution in [3.8, 4) is 17.2 Å². The molecule has 1 saturated heterocycles. The van der Waals surface area contributed by atoms with Crippen LogP contribution in [-0.4, -0.2) is 53.8 Å². The van der Waals surface area contributed by atoms with Crippen molar-refractivity contribution in [1.29, 1.82) is 0 Å². The fourth-order valence-corrected chi connectivity index (χ4v) is 3.35. The molecule has 0 aliphatic carbocycles. The molecule has 7 heteroatoms. The van der Waals surface area contributed by atoms with Gasteiger partial charge in [0.1, 0.15) is 11.4 Å². The Kier molecular flexibility index (Phi) is 5.46. The van der Waals surface area contributed by atoms with Crippen LogP contribution < -0.4 is 9.64 Å². The van der Waals surface area contributed by atoms with Crippen molar-refractivity contribution < 1.29 is 13.9 Å². The SMILES string of the molecule is Cc1cccc(OCC(=O)N2CCN(c3ccc(-c4ccco4)nn3)CC2)c1C. The van der Waals surface area contributed by atoms with Crippen LogP contribution in [0.1, 0.15) is 11.1 Å². The lowest BCUT2D eigenvalue weighted by Gasteiger charge is -2.35. The Hall–Kier alpha value is -3.35. The molecule has 1 amide bonds. The van der Waals surface area contributed by atoms with Crippen LogP contribution >= 0.6 is 0 Å². The summed E-state index contributed by atoms with van der Waals surface area (Å²) in [5, 5.41) is 8.55. The monoisotopic (exact) mass is 392 g/mol. The highest BCUT2D eigenvalue weighted by atomic mass is 16.5. The molecule has 2 aromatic heterocycles. The van der Waals surface area contributed by atoms with E-state index in [9.17, 15) is 4.79 Å². The Bertz CT molecular complexity index is 962. The highest BCUT2D eigenvalue weighted by Crippen LogP contribution is 2.21. The second-order valence-corrected chi connectivity index (χ2v) is 7.11. The quantitative estimate of drug-likeness (QED) is 0.665. The van der Waals surface area contributed by atoms with Crippen molar-refractivity contribution >= 4 is 11.7 Å². The maximum Gasteiger partial charge on any atom is 0.260 e. The number of amides is 1. The zero-order valence-corrected chi connectivity index (χ0v) is 16.7. The molecular formula is C22H24N4O3. The van der Waals surface area contributed by atoms with Gasteiger partial charge in [-0.25, -0.2) is 0 Å². The molecule has 0 N–H and O–H groups in total. The summed E-state index contributed by atoms with van der Waals surface area (Å²) >= 11 is 0. The van der Waals surface area contributed by atoms with Gasteiger partial charge in [-0.05, 0) is 55.3 Å². The second-order valence-electron chi connectivity index (χ2n) is 7.11. The average Bonchev–Trinajstić information content (AvgIpc) is 3.30. The Morgan fingerprint density at radius 1 is 1.03 bits per heavy atom. The number of carbonyl (C=O) groups excluding carboxylic acids is 1. The van der Waals surface area contributed by atoms with Gasteiger partial charge in [0.25, 0.3) is 5.91 Å². The van der Waals surface area contributed by atoms with Gasteiger partial charge in [0.2, 0.25) is 0 Å². The minimum absolute atomic E-state index is 0.00445. The van der Waals surface area contributed by atoms with Crippen LogP contribution in [0, 0.1) is 13.8 Å². The van der Waals surface area contributed by atoms with Crippen molar-refractivity contribution in [2.75, 3.05) is 37.7 Å². The van der Waals surface area contributed by atoms with Gasteiger partial charge in [-0.2, -0.15) is 0 Å². The fourth-order valence-electron chi connectivity index (χ4n) is 3.35. The molecule has 1 fully saturated rings. The first-order chi connectivity index (χ1) is 14.1. The molecule has 3 heterocycles. The van der Waals surface area contributed by atoms with E-state index in [-0.39, 0.29) is 12.5 Å². The molecule has 1 aliphatic rings. The molecule has 4 rings (SSSR count). The molecule has 0 radical (unpaired) electrons. The normalized spacial score (nSPS) is 14.1. The third-order valence-electron chi connectivity index (χ3n) is 5.29. The molecule has 0 atom stereocenters. The smallest absolute Gasteiger partial charge is 0.260 e. The van der Waals surface area contributed by atoms with E-state index >= 15 is 0 Å².